The van der Waals surface area contributed by atoms with E-state index in [9.17, 15) is 9.59 Å². The smallest absolute Gasteiger partial charge is 0.291 e. The van der Waals surface area contributed by atoms with Gasteiger partial charge in [-0.1, -0.05) is 13.3 Å². The first-order valence-electron chi connectivity index (χ1n) is 7.97. The van der Waals surface area contributed by atoms with E-state index in [1.807, 2.05) is 6.92 Å². The first-order chi connectivity index (χ1) is 11.1. The third-order valence-corrected chi connectivity index (χ3v) is 4.01. The summed E-state index contributed by atoms with van der Waals surface area (Å²) in [6.45, 7) is 3.75. The fourth-order valence-electron chi connectivity index (χ4n) is 2.46. The third-order valence-electron chi connectivity index (χ3n) is 4.01. The summed E-state index contributed by atoms with van der Waals surface area (Å²) in [5.74, 6) is -0.632. The molecule has 2 rings (SSSR count). The Morgan fingerprint density at radius 1 is 1.43 bits per heavy atom. The minimum Gasteiger partial charge on any atom is -0.486 e. The molecule has 7 heteroatoms. The second-order valence-electron chi connectivity index (χ2n) is 5.70. The first-order valence-corrected chi connectivity index (χ1v) is 7.97. The molecule has 128 valence electrons. The summed E-state index contributed by atoms with van der Waals surface area (Å²) in [4.78, 5) is 24.5. The lowest BCUT2D eigenvalue weighted by Crippen LogP contribution is -2.56. The van der Waals surface area contributed by atoms with Gasteiger partial charge in [0.25, 0.3) is 5.91 Å². The zero-order chi connectivity index (χ0) is 16.7. The average molecular weight is 324 g/mol. The molecule has 23 heavy (non-hydrogen) atoms. The number of carbonyl (C=O) groups excluding carboxylic acids is 1. The fraction of sp³-hybridized carbons (Fsp3) is 0.625. The predicted octanol–water partition coefficient (Wildman–Crippen LogP) is 1.06. The molecule has 0 aromatic carbocycles. The quantitative estimate of drug-likeness (QED) is 0.727. The molecular formula is C16H24N2O5. The van der Waals surface area contributed by atoms with E-state index in [0.29, 0.717) is 39.2 Å². The van der Waals surface area contributed by atoms with Gasteiger partial charge in [0.15, 0.2) is 0 Å². The van der Waals surface area contributed by atoms with Gasteiger partial charge in [-0.3, -0.25) is 9.59 Å². The molecule has 7 nitrogen and oxygen atoms in total. The van der Waals surface area contributed by atoms with Crippen molar-refractivity contribution >= 4 is 5.91 Å². The van der Waals surface area contributed by atoms with Gasteiger partial charge in [0.1, 0.15) is 0 Å². The van der Waals surface area contributed by atoms with Crippen molar-refractivity contribution in [1.82, 2.24) is 5.32 Å². The van der Waals surface area contributed by atoms with Crippen LogP contribution in [0.15, 0.2) is 21.5 Å². The summed E-state index contributed by atoms with van der Waals surface area (Å²) in [7, 11) is 0. The number of hydrogen-bond acceptors (Lipinski definition) is 6. The van der Waals surface area contributed by atoms with Crippen LogP contribution in [0.3, 0.4) is 0 Å². The Labute approximate surface area is 135 Å². The molecule has 0 unspecified atom stereocenters. The van der Waals surface area contributed by atoms with Gasteiger partial charge < -0.3 is 24.9 Å². The maximum absolute atomic E-state index is 12.6. The van der Waals surface area contributed by atoms with Crippen LogP contribution < -0.4 is 21.2 Å². The van der Waals surface area contributed by atoms with Gasteiger partial charge in [-0.15, -0.1) is 0 Å². The number of nitrogens with two attached hydrogens (primary N) is 1. The molecule has 0 spiro atoms. The van der Waals surface area contributed by atoms with Gasteiger partial charge >= 0.3 is 0 Å². The fourth-order valence-corrected chi connectivity index (χ4v) is 2.46. The molecule has 1 saturated heterocycles. The van der Waals surface area contributed by atoms with Gasteiger partial charge in [-0.2, -0.15) is 0 Å². The predicted molar refractivity (Wildman–Crippen MR) is 84.7 cm³/mol. The molecule has 0 atom stereocenters. The Bertz CT molecular complexity index is 578. The maximum atomic E-state index is 12.6. The van der Waals surface area contributed by atoms with E-state index < -0.39 is 11.4 Å². The van der Waals surface area contributed by atoms with E-state index in [0.717, 1.165) is 12.8 Å². The van der Waals surface area contributed by atoms with Crippen LogP contribution in [0.2, 0.25) is 0 Å². The molecule has 0 radical (unpaired) electrons. The van der Waals surface area contributed by atoms with Gasteiger partial charge in [0.05, 0.1) is 18.4 Å². The van der Waals surface area contributed by atoms with Crippen LogP contribution in [0, 0.1) is 0 Å². The van der Waals surface area contributed by atoms with Gasteiger partial charge in [-0.05, 0) is 19.3 Å². The van der Waals surface area contributed by atoms with Crippen LogP contribution in [0.25, 0.3) is 0 Å². The molecule has 0 aliphatic carbocycles. The lowest BCUT2D eigenvalue weighted by Gasteiger charge is -2.36. The average Bonchev–Trinajstić information content (AvgIpc) is 2.57. The molecule has 1 aliphatic heterocycles. The highest BCUT2D eigenvalue weighted by molar-refractivity contribution is 5.94. The highest BCUT2D eigenvalue weighted by atomic mass is 16.5. The first kappa shape index (κ1) is 17.5. The van der Waals surface area contributed by atoms with Gasteiger partial charge in [-0.25, -0.2) is 0 Å². The second kappa shape index (κ2) is 8.12. The summed E-state index contributed by atoms with van der Waals surface area (Å²) in [5, 5.41) is 2.90. The number of nitrogens with one attached hydrogen (secondary N) is 1. The van der Waals surface area contributed by atoms with Crippen LogP contribution in [0.4, 0.5) is 0 Å². The lowest BCUT2D eigenvalue weighted by molar-refractivity contribution is 0.0378. The minimum atomic E-state index is -0.537. The third kappa shape index (κ3) is 4.33. The number of rotatable bonds is 7. The number of amides is 1. The molecule has 1 aromatic rings. The largest absolute Gasteiger partial charge is 0.486 e. The summed E-state index contributed by atoms with van der Waals surface area (Å²) in [6, 6.07) is 1.24. The van der Waals surface area contributed by atoms with E-state index >= 15 is 0 Å². The van der Waals surface area contributed by atoms with Crippen LogP contribution in [0.5, 0.6) is 5.75 Å². The summed E-state index contributed by atoms with van der Waals surface area (Å²) in [5.41, 5.74) is 4.93. The normalized spacial score (nSPS) is 16.8. The minimum absolute atomic E-state index is 0.0438. The molecule has 0 saturated carbocycles. The molecular weight excluding hydrogens is 300 g/mol. The molecule has 3 N–H and O–H groups in total. The van der Waals surface area contributed by atoms with Crippen LogP contribution in [-0.2, 0) is 4.74 Å². The van der Waals surface area contributed by atoms with Crippen LogP contribution in [-0.4, -0.2) is 37.8 Å². The number of ether oxygens (including phenoxy) is 2. The van der Waals surface area contributed by atoms with Gasteiger partial charge in [0.2, 0.25) is 16.9 Å². The highest BCUT2D eigenvalue weighted by Crippen LogP contribution is 2.21. The Morgan fingerprint density at radius 2 is 2.17 bits per heavy atom. The van der Waals surface area contributed by atoms with E-state index in [-0.39, 0.29) is 16.9 Å². The lowest BCUT2D eigenvalue weighted by atomic mass is 9.90. The van der Waals surface area contributed by atoms with Crippen molar-refractivity contribution in [1.29, 1.82) is 0 Å². The Balaban J connectivity index is 2.18. The standard InChI is InChI=1S/C16H24N2O5/c1-2-3-7-22-13-12(19)4-8-23-14(13)15(20)18-16(11-17)5-9-21-10-6-16/h4,8H,2-3,5-7,9-11,17H2,1H3,(H,18,20). The van der Waals surface area contributed by atoms with Crippen molar-refractivity contribution in [2.24, 2.45) is 5.73 Å². The monoisotopic (exact) mass is 324 g/mol. The Hall–Kier alpha value is -1.86. The van der Waals surface area contributed by atoms with E-state index in [2.05, 4.69) is 5.32 Å². The highest BCUT2D eigenvalue weighted by Gasteiger charge is 2.34. The van der Waals surface area contributed by atoms with Crippen molar-refractivity contribution in [2.75, 3.05) is 26.4 Å². The molecule has 1 aliphatic rings. The summed E-state index contributed by atoms with van der Waals surface area (Å²) in [6.07, 6.45) is 4.16. The van der Waals surface area contributed by atoms with Crippen molar-refractivity contribution in [3.63, 3.8) is 0 Å². The molecule has 1 aromatic heterocycles. The van der Waals surface area contributed by atoms with Crippen molar-refractivity contribution in [3.8, 4) is 5.75 Å². The molecule has 2 heterocycles. The number of unbranched alkanes of at least 4 members (excludes halogenated alkanes) is 1. The van der Waals surface area contributed by atoms with Crippen molar-refractivity contribution in [3.05, 3.63) is 28.3 Å². The molecule has 1 fully saturated rings. The topological polar surface area (TPSA) is 104 Å². The van der Waals surface area contributed by atoms with E-state index in [4.69, 9.17) is 19.6 Å². The second-order valence-corrected chi connectivity index (χ2v) is 5.70. The number of carbonyl (C=O) groups is 1. The van der Waals surface area contributed by atoms with Crippen LogP contribution in [0.1, 0.15) is 43.2 Å². The van der Waals surface area contributed by atoms with Crippen LogP contribution >= 0.6 is 0 Å². The molecule has 1 amide bonds. The zero-order valence-corrected chi connectivity index (χ0v) is 13.4. The summed E-state index contributed by atoms with van der Waals surface area (Å²) < 4.78 is 16.0. The Morgan fingerprint density at radius 3 is 2.83 bits per heavy atom. The SMILES string of the molecule is CCCCOc1c(C(=O)NC2(CN)CCOCC2)occc1=O. The summed E-state index contributed by atoms with van der Waals surface area (Å²) >= 11 is 0. The van der Waals surface area contributed by atoms with Gasteiger partial charge in [0, 0.05) is 25.8 Å². The van der Waals surface area contributed by atoms with E-state index in [1.54, 1.807) is 0 Å². The number of hydrogen-bond donors (Lipinski definition) is 2. The van der Waals surface area contributed by atoms with Crippen molar-refractivity contribution in [2.45, 2.75) is 38.1 Å². The Kier molecular flexibility index (Phi) is 6.18. The van der Waals surface area contributed by atoms with Crippen molar-refractivity contribution < 1.29 is 18.7 Å². The zero-order valence-electron chi connectivity index (χ0n) is 13.4. The van der Waals surface area contributed by atoms with E-state index in [1.165, 1.54) is 12.3 Å². The molecule has 0 bridgehead atoms. The maximum Gasteiger partial charge on any atom is 0.291 e.